The molecule has 7 nitrogen and oxygen atoms in total. The average molecular weight is 277 g/mol. The van der Waals surface area contributed by atoms with Crippen LogP contribution in [0.4, 0.5) is 5.82 Å². The maximum Gasteiger partial charge on any atom is 0.325 e. The number of benzene rings is 1. The van der Waals surface area contributed by atoms with Crippen LogP contribution in [0.15, 0.2) is 18.5 Å². The van der Waals surface area contributed by atoms with E-state index in [1.54, 1.807) is 12.1 Å². The van der Waals surface area contributed by atoms with Gasteiger partial charge in [0.2, 0.25) is 0 Å². The predicted molar refractivity (Wildman–Crippen MR) is 73.4 cm³/mol. The molecule has 0 spiro atoms. The molecule has 0 saturated heterocycles. The van der Waals surface area contributed by atoms with Crippen LogP contribution in [0.3, 0.4) is 0 Å². The van der Waals surface area contributed by atoms with E-state index in [9.17, 15) is 4.79 Å². The van der Waals surface area contributed by atoms with E-state index in [0.717, 1.165) is 0 Å². The molecule has 1 atom stereocenters. The van der Waals surface area contributed by atoms with Gasteiger partial charge in [0.25, 0.3) is 0 Å². The van der Waals surface area contributed by atoms with Crippen molar-refractivity contribution in [3.8, 4) is 11.5 Å². The molecule has 0 bridgehead atoms. The molecule has 1 heterocycles. The number of nitrogens with one attached hydrogen (secondary N) is 1. The first-order valence-electron chi connectivity index (χ1n) is 5.93. The summed E-state index contributed by atoms with van der Waals surface area (Å²) in [5, 5.41) is 12.4. The van der Waals surface area contributed by atoms with Gasteiger partial charge in [0.1, 0.15) is 18.2 Å². The number of methoxy groups -OCH3 is 2. The fraction of sp³-hybridized carbons (Fsp3) is 0.308. The largest absolute Gasteiger partial charge is 0.493 e. The van der Waals surface area contributed by atoms with E-state index in [0.29, 0.717) is 28.2 Å². The number of carboxylic acids is 1. The number of anilines is 1. The Labute approximate surface area is 115 Å². The Kier molecular flexibility index (Phi) is 3.88. The maximum absolute atomic E-state index is 10.9. The van der Waals surface area contributed by atoms with E-state index in [-0.39, 0.29) is 0 Å². The molecule has 1 aromatic heterocycles. The third-order valence-electron chi connectivity index (χ3n) is 2.86. The Morgan fingerprint density at radius 1 is 1.25 bits per heavy atom. The van der Waals surface area contributed by atoms with Gasteiger partial charge in [-0.05, 0) is 13.0 Å². The van der Waals surface area contributed by atoms with E-state index in [4.69, 9.17) is 14.6 Å². The monoisotopic (exact) mass is 277 g/mol. The molecule has 20 heavy (non-hydrogen) atoms. The van der Waals surface area contributed by atoms with Gasteiger partial charge < -0.3 is 19.9 Å². The van der Waals surface area contributed by atoms with Gasteiger partial charge in [-0.1, -0.05) is 0 Å². The number of nitrogens with zero attached hydrogens (tertiary/aromatic N) is 2. The molecule has 0 amide bonds. The lowest BCUT2D eigenvalue weighted by Gasteiger charge is -2.13. The van der Waals surface area contributed by atoms with Gasteiger partial charge in [-0.2, -0.15) is 0 Å². The van der Waals surface area contributed by atoms with Crippen LogP contribution in [0.5, 0.6) is 11.5 Å². The molecular formula is C13H15N3O4. The van der Waals surface area contributed by atoms with Crippen LogP contribution in [0.2, 0.25) is 0 Å². The Balaban J connectivity index is 2.53. The molecule has 1 aromatic carbocycles. The summed E-state index contributed by atoms with van der Waals surface area (Å²) in [6, 6.07) is 2.67. The van der Waals surface area contributed by atoms with Crippen molar-refractivity contribution < 1.29 is 19.4 Å². The first-order chi connectivity index (χ1) is 9.56. The van der Waals surface area contributed by atoms with Crippen molar-refractivity contribution in [1.82, 2.24) is 9.97 Å². The van der Waals surface area contributed by atoms with Gasteiger partial charge in [0.15, 0.2) is 11.5 Å². The minimum absolute atomic E-state index is 0.436. The van der Waals surface area contributed by atoms with Gasteiger partial charge in [-0.25, -0.2) is 9.97 Å². The first kappa shape index (κ1) is 13.9. The predicted octanol–water partition coefficient (Wildman–Crippen LogP) is 1.53. The highest BCUT2D eigenvalue weighted by atomic mass is 16.5. The summed E-state index contributed by atoms with van der Waals surface area (Å²) < 4.78 is 10.4. The number of carbonyl (C=O) groups is 1. The molecule has 0 saturated carbocycles. The smallest absolute Gasteiger partial charge is 0.325 e. The van der Waals surface area contributed by atoms with Crippen LogP contribution in [-0.4, -0.2) is 41.3 Å². The molecule has 0 radical (unpaired) electrons. The Bertz CT molecular complexity index is 645. The number of aromatic nitrogens is 2. The standard InChI is InChI=1S/C13H15N3O4/c1-7(13(17)18)16-12-8-4-10(19-2)11(20-3)5-9(8)14-6-15-12/h4-7H,1-3H3,(H,17,18)(H,14,15,16). The summed E-state index contributed by atoms with van der Waals surface area (Å²) in [6.45, 7) is 1.54. The number of aliphatic carboxylic acids is 1. The number of carboxylic acid groups (broad SMARTS) is 1. The van der Waals surface area contributed by atoms with Crippen LogP contribution in [-0.2, 0) is 4.79 Å². The fourth-order valence-corrected chi connectivity index (χ4v) is 1.76. The van der Waals surface area contributed by atoms with Gasteiger partial charge in [-0.3, -0.25) is 4.79 Å². The summed E-state index contributed by atoms with van der Waals surface area (Å²) in [5.41, 5.74) is 0.637. The lowest BCUT2D eigenvalue weighted by molar-refractivity contribution is -0.137. The molecule has 1 unspecified atom stereocenters. The summed E-state index contributed by atoms with van der Waals surface area (Å²) in [7, 11) is 3.07. The Morgan fingerprint density at radius 3 is 2.50 bits per heavy atom. The Morgan fingerprint density at radius 2 is 1.90 bits per heavy atom. The quantitative estimate of drug-likeness (QED) is 0.855. The van der Waals surface area contributed by atoms with Crippen LogP contribution in [0, 0.1) is 0 Å². The van der Waals surface area contributed by atoms with E-state index >= 15 is 0 Å². The third kappa shape index (κ3) is 2.56. The van der Waals surface area contributed by atoms with Crippen molar-refractivity contribution >= 4 is 22.7 Å². The summed E-state index contributed by atoms with van der Waals surface area (Å²) >= 11 is 0. The average Bonchev–Trinajstić information content (AvgIpc) is 2.45. The summed E-state index contributed by atoms with van der Waals surface area (Å²) in [6.07, 6.45) is 1.37. The normalized spacial score (nSPS) is 11.9. The van der Waals surface area contributed by atoms with Crippen molar-refractivity contribution in [3.05, 3.63) is 18.5 Å². The van der Waals surface area contributed by atoms with Gasteiger partial charge in [-0.15, -0.1) is 0 Å². The SMILES string of the molecule is COc1cc2ncnc(NC(C)C(=O)O)c2cc1OC. The summed E-state index contributed by atoms with van der Waals surface area (Å²) in [5.74, 6) is 0.555. The van der Waals surface area contributed by atoms with Crippen LogP contribution in [0.25, 0.3) is 10.9 Å². The highest BCUT2D eigenvalue weighted by molar-refractivity contribution is 5.92. The van der Waals surface area contributed by atoms with E-state index in [1.807, 2.05) is 0 Å². The number of hydrogen-bond donors (Lipinski definition) is 2. The maximum atomic E-state index is 10.9. The molecule has 7 heteroatoms. The lowest BCUT2D eigenvalue weighted by Crippen LogP contribution is -2.26. The molecular weight excluding hydrogens is 262 g/mol. The highest BCUT2D eigenvalue weighted by Gasteiger charge is 2.15. The van der Waals surface area contributed by atoms with E-state index in [1.165, 1.54) is 27.5 Å². The lowest BCUT2D eigenvalue weighted by atomic mass is 10.2. The minimum atomic E-state index is -0.961. The molecule has 106 valence electrons. The van der Waals surface area contributed by atoms with Crippen LogP contribution >= 0.6 is 0 Å². The molecule has 2 rings (SSSR count). The van der Waals surface area contributed by atoms with Crippen molar-refractivity contribution in [1.29, 1.82) is 0 Å². The van der Waals surface area contributed by atoms with Gasteiger partial charge in [0, 0.05) is 11.5 Å². The molecule has 0 aliphatic heterocycles. The number of hydrogen-bond acceptors (Lipinski definition) is 6. The fourth-order valence-electron chi connectivity index (χ4n) is 1.76. The Hall–Kier alpha value is -2.57. The molecule has 0 fully saturated rings. The van der Waals surface area contributed by atoms with E-state index in [2.05, 4.69) is 15.3 Å². The van der Waals surface area contributed by atoms with Crippen molar-refractivity contribution in [2.24, 2.45) is 0 Å². The van der Waals surface area contributed by atoms with Crippen LogP contribution < -0.4 is 14.8 Å². The summed E-state index contributed by atoms with van der Waals surface area (Å²) in [4.78, 5) is 19.1. The van der Waals surface area contributed by atoms with Crippen LogP contribution in [0.1, 0.15) is 6.92 Å². The zero-order valence-electron chi connectivity index (χ0n) is 11.4. The molecule has 0 aliphatic carbocycles. The first-order valence-corrected chi connectivity index (χ1v) is 5.93. The highest BCUT2D eigenvalue weighted by Crippen LogP contribution is 2.33. The van der Waals surface area contributed by atoms with Crippen molar-refractivity contribution in [3.63, 3.8) is 0 Å². The topological polar surface area (TPSA) is 93.6 Å². The zero-order valence-corrected chi connectivity index (χ0v) is 11.4. The second-order valence-electron chi connectivity index (χ2n) is 4.15. The van der Waals surface area contributed by atoms with E-state index < -0.39 is 12.0 Å². The minimum Gasteiger partial charge on any atom is -0.493 e. The molecule has 2 N–H and O–H groups in total. The number of fused-ring (bicyclic) bond motifs is 1. The zero-order chi connectivity index (χ0) is 14.7. The molecule has 2 aromatic rings. The number of ether oxygens (including phenoxy) is 2. The van der Waals surface area contributed by atoms with Crippen molar-refractivity contribution in [2.75, 3.05) is 19.5 Å². The molecule has 0 aliphatic rings. The number of rotatable bonds is 5. The van der Waals surface area contributed by atoms with Crippen molar-refractivity contribution in [2.45, 2.75) is 13.0 Å². The second-order valence-corrected chi connectivity index (χ2v) is 4.15. The van der Waals surface area contributed by atoms with Gasteiger partial charge in [0.05, 0.1) is 19.7 Å². The third-order valence-corrected chi connectivity index (χ3v) is 2.86. The second kappa shape index (κ2) is 5.60. The van der Waals surface area contributed by atoms with Gasteiger partial charge >= 0.3 is 5.97 Å².